The van der Waals surface area contributed by atoms with E-state index >= 15 is 0 Å². The maximum Gasteiger partial charge on any atom is 0.137 e. The molecule has 100 valence electrons. The first-order valence-electron chi connectivity index (χ1n) is 5.89. The Morgan fingerprint density at radius 2 is 1.84 bits per heavy atom. The highest BCUT2D eigenvalue weighted by atomic mass is 32.2. The summed E-state index contributed by atoms with van der Waals surface area (Å²) in [6, 6.07) is 12.2. The molecule has 4 heteroatoms. The van der Waals surface area contributed by atoms with Crippen molar-refractivity contribution in [1.29, 1.82) is 0 Å². The van der Waals surface area contributed by atoms with Crippen LogP contribution >= 0.6 is 11.8 Å². The summed E-state index contributed by atoms with van der Waals surface area (Å²) in [5.41, 5.74) is 0.580. The van der Waals surface area contributed by atoms with Crippen molar-refractivity contribution in [2.75, 3.05) is 7.11 Å². The Morgan fingerprint density at radius 1 is 1.16 bits per heavy atom. The van der Waals surface area contributed by atoms with Crippen LogP contribution in [0.3, 0.4) is 0 Å². The predicted octanol–water partition coefficient (Wildman–Crippen LogP) is 4.04. The molecule has 0 unspecified atom stereocenters. The monoisotopic (exact) mass is 278 g/mol. The molecular weight excluding hydrogens is 263 g/mol. The van der Waals surface area contributed by atoms with Crippen molar-refractivity contribution in [3.63, 3.8) is 0 Å². The van der Waals surface area contributed by atoms with Crippen molar-refractivity contribution in [3.8, 4) is 5.75 Å². The maximum atomic E-state index is 13.9. The van der Waals surface area contributed by atoms with Gasteiger partial charge in [-0.3, -0.25) is 0 Å². The highest BCUT2D eigenvalue weighted by molar-refractivity contribution is 7.99. The Bertz CT molecular complexity index is 553. The highest BCUT2D eigenvalue weighted by Crippen LogP contribution is 2.32. The summed E-state index contributed by atoms with van der Waals surface area (Å²) < 4.78 is 19.0. The van der Waals surface area contributed by atoms with Gasteiger partial charge in [0.15, 0.2) is 0 Å². The van der Waals surface area contributed by atoms with Gasteiger partial charge in [-0.15, -0.1) is 0 Å². The van der Waals surface area contributed by atoms with E-state index in [9.17, 15) is 9.50 Å². The zero-order valence-electron chi connectivity index (χ0n) is 10.8. The molecule has 1 N–H and O–H groups in total. The normalized spacial score (nSPS) is 12.2. The molecule has 2 rings (SSSR count). The molecule has 0 fully saturated rings. The van der Waals surface area contributed by atoms with Crippen LogP contribution in [0.1, 0.15) is 18.6 Å². The lowest BCUT2D eigenvalue weighted by molar-refractivity contribution is 0.198. The quantitative estimate of drug-likeness (QED) is 0.915. The molecule has 0 bridgehead atoms. The molecule has 2 aromatic carbocycles. The largest absolute Gasteiger partial charge is 0.497 e. The van der Waals surface area contributed by atoms with Gasteiger partial charge in [-0.05, 0) is 48.9 Å². The van der Waals surface area contributed by atoms with Crippen LogP contribution in [-0.4, -0.2) is 12.2 Å². The van der Waals surface area contributed by atoms with E-state index < -0.39 is 6.10 Å². The molecule has 0 amide bonds. The average molecular weight is 278 g/mol. The van der Waals surface area contributed by atoms with Crippen molar-refractivity contribution in [2.24, 2.45) is 0 Å². The summed E-state index contributed by atoms with van der Waals surface area (Å²) in [6.45, 7) is 1.62. The van der Waals surface area contributed by atoms with Gasteiger partial charge in [0.05, 0.1) is 13.2 Å². The molecule has 2 nitrogen and oxygen atoms in total. The minimum absolute atomic E-state index is 0.320. The first kappa shape index (κ1) is 13.9. The lowest BCUT2D eigenvalue weighted by Crippen LogP contribution is -1.92. The van der Waals surface area contributed by atoms with E-state index in [1.165, 1.54) is 17.8 Å². The van der Waals surface area contributed by atoms with E-state index in [4.69, 9.17) is 4.74 Å². The Labute approximate surface area is 116 Å². The van der Waals surface area contributed by atoms with Crippen molar-refractivity contribution in [1.82, 2.24) is 0 Å². The summed E-state index contributed by atoms with van der Waals surface area (Å²) in [7, 11) is 1.61. The zero-order valence-corrected chi connectivity index (χ0v) is 11.6. The van der Waals surface area contributed by atoms with Crippen molar-refractivity contribution >= 4 is 11.8 Å². The third-order valence-corrected chi connectivity index (χ3v) is 3.78. The number of halogens is 1. The number of hydrogen-bond donors (Lipinski definition) is 1. The van der Waals surface area contributed by atoms with Crippen molar-refractivity contribution in [3.05, 3.63) is 53.8 Å². The third kappa shape index (κ3) is 3.49. The van der Waals surface area contributed by atoms with Gasteiger partial charge in [-0.25, -0.2) is 4.39 Å². The molecule has 0 aliphatic carbocycles. The van der Waals surface area contributed by atoms with E-state index in [0.717, 1.165) is 10.6 Å². The van der Waals surface area contributed by atoms with Crippen LogP contribution in [0.4, 0.5) is 4.39 Å². The Morgan fingerprint density at radius 3 is 2.37 bits per heavy atom. The number of hydrogen-bond acceptors (Lipinski definition) is 3. The summed E-state index contributed by atoms with van der Waals surface area (Å²) in [5, 5.41) is 9.40. The van der Waals surface area contributed by atoms with Crippen molar-refractivity contribution in [2.45, 2.75) is 22.8 Å². The van der Waals surface area contributed by atoms with Crippen LogP contribution in [0.5, 0.6) is 5.75 Å². The Balaban J connectivity index is 2.18. The molecule has 0 spiro atoms. The number of ether oxygens (including phenoxy) is 1. The zero-order chi connectivity index (χ0) is 13.8. The molecular formula is C15H15FO2S. The third-order valence-electron chi connectivity index (χ3n) is 2.73. The molecule has 0 saturated carbocycles. The molecule has 0 heterocycles. The SMILES string of the molecule is COc1ccc(Sc2ccc([C@@H](C)O)cc2F)cc1. The number of aliphatic hydroxyl groups excluding tert-OH is 1. The van der Waals surface area contributed by atoms with Crippen LogP contribution in [0.2, 0.25) is 0 Å². The van der Waals surface area contributed by atoms with Crippen LogP contribution in [-0.2, 0) is 0 Å². The second-order valence-electron chi connectivity index (χ2n) is 4.14. The number of methoxy groups -OCH3 is 1. The molecule has 0 radical (unpaired) electrons. The minimum atomic E-state index is -0.658. The standard InChI is InChI=1S/C15H15FO2S/c1-10(17)11-3-8-15(14(16)9-11)19-13-6-4-12(18-2)5-7-13/h3-10,17H,1-2H3/t10-/m1/s1. The number of aliphatic hydroxyl groups is 1. The van der Waals surface area contributed by atoms with Crippen LogP contribution in [0.25, 0.3) is 0 Å². The molecule has 0 aliphatic heterocycles. The number of rotatable bonds is 4. The molecule has 0 saturated heterocycles. The van der Waals surface area contributed by atoms with E-state index in [2.05, 4.69) is 0 Å². The maximum absolute atomic E-state index is 13.9. The second kappa shape index (κ2) is 6.08. The summed E-state index contributed by atoms with van der Waals surface area (Å²) in [5.74, 6) is 0.452. The molecule has 0 aliphatic rings. The van der Waals surface area contributed by atoms with Gasteiger partial charge in [-0.1, -0.05) is 17.8 Å². The van der Waals surface area contributed by atoms with Gasteiger partial charge in [-0.2, -0.15) is 0 Å². The fourth-order valence-electron chi connectivity index (χ4n) is 1.63. The van der Waals surface area contributed by atoms with Gasteiger partial charge in [0.1, 0.15) is 11.6 Å². The fraction of sp³-hybridized carbons (Fsp3) is 0.200. The molecule has 0 aromatic heterocycles. The Hall–Kier alpha value is -1.52. The molecule has 19 heavy (non-hydrogen) atoms. The summed E-state index contributed by atoms with van der Waals surface area (Å²) in [4.78, 5) is 1.47. The van der Waals surface area contributed by atoms with Gasteiger partial charge < -0.3 is 9.84 Å². The Kier molecular flexibility index (Phi) is 4.45. The average Bonchev–Trinajstić information content (AvgIpc) is 2.41. The van der Waals surface area contributed by atoms with Gasteiger partial charge in [0.25, 0.3) is 0 Å². The van der Waals surface area contributed by atoms with Crippen molar-refractivity contribution < 1.29 is 14.2 Å². The van der Waals surface area contributed by atoms with E-state index in [-0.39, 0.29) is 5.82 Å². The van der Waals surface area contributed by atoms with Crippen LogP contribution in [0, 0.1) is 5.82 Å². The minimum Gasteiger partial charge on any atom is -0.497 e. The lowest BCUT2D eigenvalue weighted by atomic mass is 10.1. The molecule has 2 aromatic rings. The smallest absolute Gasteiger partial charge is 0.137 e. The molecule has 1 atom stereocenters. The number of benzene rings is 2. The predicted molar refractivity (Wildman–Crippen MR) is 74.2 cm³/mol. The second-order valence-corrected chi connectivity index (χ2v) is 5.26. The highest BCUT2D eigenvalue weighted by Gasteiger charge is 2.08. The first-order valence-corrected chi connectivity index (χ1v) is 6.71. The fourth-order valence-corrected chi connectivity index (χ4v) is 2.45. The van der Waals surface area contributed by atoms with E-state index in [1.54, 1.807) is 26.2 Å². The summed E-state index contributed by atoms with van der Waals surface area (Å²) in [6.07, 6.45) is -0.658. The van der Waals surface area contributed by atoms with Gasteiger partial charge >= 0.3 is 0 Å². The summed E-state index contributed by atoms with van der Waals surface area (Å²) >= 11 is 1.34. The van der Waals surface area contributed by atoms with E-state index in [0.29, 0.717) is 10.5 Å². The topological polar surface area (TPSA) is 29.5 Å². The van der Waals surface area contributed by atoms with Gasteiger partial charge in [0, 0.05) is 9.79 Å². The van der Waals surface area contributed by atoms with Crippen LogP contribution in [0.15, 0.2) is 52.3 Å². The van der Waals surface area contributed by atoms with Crippen LogP contribution < -0.4 is 4.74 Å². The van der Waals surface area contributed by atoms with E-state index in [1.807, 2.05) is 24.3 Å². The first-order chi connectivity index (χ1) is 9.10. The lowest BCUT2D eigenvalue weighted by Gasteiger charge is -2.08. The van der Waals surface area contributed by atoms with Gasteiger partial charge in [0.2, 0.25) is 0 Å².